The molecule has 0 radical (unpaired) electrons. The van der Waals surface area contributed by atoms with Gasteiger partial charge in [-0.05, 0) is 140 Å². The van der Waals surface area contributed by atoms with E-state index in [-0.39, 0.29) is 0 Å². The lowest BCUT2D eigenvalue weighted by molar-refractivity contribution is -0.0395. The van der Waals surface area contributed by atoms with E-state index in [0.29, 0.717) is 32.9 Å². The molecule has 4 heteroatoms. The molecule has 3 saturated carbocycles. The minimum Gasteiger partial charge on any atom is -0.417 e. The van der Waals surface area contributed by atoms with Crippen molar-refractivity contribution in [2.24, 2.45) is 46.3 Å². The molecular formula is C39H74O2Si2. The van der Waals surface area contributed by atoms with Crippen LogP contribution in [0.1, 0.15) is 140 Å². The fraction of sp³-hybridized carbons (Fsp3) is 0.949. The molecule has 9 atom stereocenters. The Hall–Kier alpha value is 0.0938. The van der Waals surface area contributed by atoms with Crippen LogP contribution in [-0.4, -0.2) is 29.3 Å². The molecule has 0 N–H and O–H groups in total. The third-order valence-electron chi connectivity index (χ3n) is 15.0. The normalized spacial score (nSPS) is 36.8. The van der Waals surface area contributed by atoms with Gasteiger partial charge in [-0.25, -0.2) is 0 Å². The molecule has 3 fully saturated rings. The van der Waals surface area contributed by atoms with Gasteiger partial charge in [-0.3, -0.25) is 0 Å². The molecule has 0 amide bonds. The summed E-state index contributed by atoms with van der Waals surface area (Å²) in [5.74, 6) is 4.90. The fourth-order valence-corrected chi connectivity index (χ4v) is 12.3. The average Bonchev–Trinajstić information content (AvgIpc) is 3.23. The summed E-state index contributed by atoms with van der Waals surface area (Å²) in [6.45, 7) is 35.3. The Morgan fingerprint density at radius 1 is 0.814 bits per heavy atom. The molecule has 43 heavy (non-hydrogen) atoms. The van der Waals surface area contributed by atoms with Crippen LogP contribution >= 0.6 is 0 Å². The minimum absolute atomic E-state index is 0.300. The van der Waals surface area contributed by atoms with Crippen LogP contribution in [0.25, 0.3) is 0 Å². The Bertz CT molecular complexity index is 986. The molecule has 2 nitrogen and oxygen atoms in total. The molecule has 0 aromatic rings. The van der Waals surface area contributed by atoms with Gasteiger partial charge in [-0.15, -0.1) is 0 Å². The highest BCUT2D eigenvalue weighted by atomic mass is 28.4. The van der Waals surface area contributed by atoms with Gasteiger partial charge in [-0.1, -0.05) is 93.7 Å². The van der Waals surface area contributed by atoms with Crippen LogP contribution in [0.4, 0.5) is 0 Å². The summed E-state index contributed by atoms with van der Waals surface area (Å²) in [4.78, 5) is 0. The van der Waals surface area contributed by atoms with Crippen LogP contribution in [-0.2, 0) is 8.85 Å². The Labute approximate surface area is 271 Å². The highest BCUT2D eigenvalue weighted by Crippen LogP contribution is 2.67. The minimum atomic E-state index is -1.71. The van der Waals surface area contributed by atoms with Crippen molar-refractivity contribution in [1.29, 1.82) is 0 Å². The van der Waals surface area contributed by atoms with Crippen molar-refractivity contribution < 1.29 is 8.85 Å². The highest BCUT2D eigenvalue weighted by Gasteiger charge is 2.58. The van der Waals surface area contributed by atoms with Crippen molar-refractivity contribution in [2.75, 3.05) is 6.61 Å². The summed E-state index contributed by atoms with van der Waals surface area (Å²) in [6.07, 6.45) is 18.4. The lowest BCUT2D eigenvalue weighted by Gasteiger charge is -2.58. The van der Waals surface area contributed by atoms with Gasteiger partial charge in [0.25, 0.3) is 0 Å². The Balaban J connectivity index is 1.33. The summed E-state index contributed by atoms with van der Waals surface area (Å²) >= 11 is 0. The quantitative estimate of drug-likeness (QED) is 0.177. The second-order valence-electron chi connectivity index (χ2n) is 19.8. The topological polar surface area (TPSA) is 18.5 Å². The van der Waals surface area contributed by atoms with Crippen molar-refractivity contribution in [3.8, 4) is 0 Å². The van der Waals surface area contributed by atoms with Crippen molar-refractivity contribution in [2.45, 2.75) is 182 Å². The molecule has 4 aliphatic rings. The molecule has 5 unspecified atom stereocenters. The van der Waals surface area contributed by atoms with Crippen LogP contribution in [0.15, 0.2) is 11.6 Å². The predicted octanol–water partition coefficient (Wildman–Crippen LogP) is 12.4. The van der Waals surface area contributed by atoms with Crippen molar-refractivity contribution in [1.82, 2.24) is 0 Å². The van der Waals surface area contributed by atoms with E-state index in [0.717, 1.165) is 36.2 Å². The maximum absolute atomic E-state index is 7.00. The van der Waals surface area contributed by atoms with Gasteiger partial charge in [0, 0.05) is 12.7 Å². The van der Waals surface area contributed by atoms with E-state index in [1.54, 1.807) is 0 Å². The van der Waals surface area contributed by atoms with E-state index < -0.39 is 16.6 Å². The van der Waals surface area contributed by atoms with E-state index in [1.807, 2.05) is 5.57 Å². The zero-order chi connectivity index (χ0) is 32.2. The van der Waals surface area contributed by atoms with Crippen molar-refractivity contribution >= 4 is 16.6 Å². The zero-order valence-electron chi connectivity index (χ0n) is 31.4. The average molecular weight is 631 g/mol. The Morgan fingerprint density at radius 3 is 2.05 bits per heavy atom. The molecule has 0 spiro atoms. The molecule has 0 aliphatic heterocycles. The van der Waals surface area contributed by atoms with Crippen LogP contribution in [0.2, 0.25) is 36.3 Å². The van der Waals surface area contributed by atoms with Gasteiger partial charge in [0.2, 0.25) is 0 Å². The third-order valence-corrected chi connectivity index (χ3v) is 24.0. The molecule has 4 aliphatic carbocycles. The number of rotatable bonds is 10. The largest absolute Gasteiger partial charge is 0.417 e. The Kier molecular flexibility index (Phi) is 10.5. The first-order valence-electron chi connectivity index (χ1n) is 18.6. The van der Waals surface area contributed by atoms with Crippen LogP contribution < -0.4 is 0 Å². The molecule has 0 saturated heterocycles. The van der Waals surface area contributed by atoms with Crippen LogP contribution in [0.3, 0.4) is 0 Å². The van der Waals surface area contributed by atoms with Gasteiger partial charge in [0.1, 0.15) is 0 Å². The van der Waals surface area contributed by atoms with Crippen molar-refractivity contribution in [3.63, 3.8) is 0 Å². The SMILES string of the molecule is CC(CCC[C@@H](C)C1CCC2C3=CCC4C[C@@H](O[Si](C)(C)C(C)(C)C)CC[C@]4(C)C3CC[C@@]21C)CO[Si](C)(C)C(C)(C)C. The number of hydrogen-bond acceptors (Lipinski definition) is 2. The summed E-state index contributed by atoms with van der Waals surface area (Å²) in [7, 11) is -3.35. The van der Waals surface area contributed by atoms with Crippen LogP contribution in [0, 0.1) is 46.3 Å². The smallest absolute Gasteiger partial charge is 0.192 e. The highest BCUT2D eigenvalue weighted by molar-refractivity contribution is 6.74. The molecule has 0 heterocycles. The maximum Gasteiger partial charge on any atom is 0.192 e. The third kappa shape index (κ3) is 7.18. The van der Waals surface area contributed by atoms with E-state index in [9.17, 15) is 0 Å². The monoisotopic (exact) mass is 631 g/mol. The fourth-order valence-electron chi connectivity index (χ4n) is 9.79. The van der Waals surface area contributed by atoms with Gasteiger partial charge in [-0.2, -0.15) is 0 Å². The molecular weight excluding hydrogens is 557 g/mol. The number of fused-ring (bicyclic) bond motifs is 5. The van der Waals surface area contributed by atoms with Gasteiger partial charge in [0.15, 0.2) is 16.6 Å². The van der Waals surface area contributed by atoms with Gasteiger partial charge < -0.3 is 8.85 Å². The summed E-state index contributed by atoms with van der Waals surface area (Å²) in [5.41, 5.74) is 2.93. The first-order chi connectivity index (χ1) is 19.6. The second-order valence-corrected chi connectivity index (χ2v) is 29.4. The van der Waals surface area contributed by atoms with E-state index in [2.05, 4.69) is 102 Å². The molecule has 4 rings (SSSR count). The molecule has 0 aromatic carbocycles. The van der Waals surface area contributed by atoms with E-state index >= 15 is 0 Å². The first-order valence-corrected chi connectivity index (χ1v) is 24.5. The Morgan fingerprint density at radius 2 is 1.42 bits per heavy atom. The molecule has 0 aromatic heterocycles. The maximum atomic E-state index is 7.00. The molecule has 250 valence electrons. The summed E-state index contributed by atoms with van der Waals surface area (Å²) in [5, 5.41) is 0.605. The van der Waals surface area contributed by atoms with Crippen molar-refractivity contribution in [3.05, 3.63) is 11.6 Å². The van der Waals surface area contributed by atoms with Crippen LogP contribution in [0.5, 0.6) is 0 Å². The second kappa shape index (κ2) is 12.6. The summed E-state index contributed by atoms with van der Waals surface area (Å²) in [6, 6.07) is 0. The standard InChI is InChI=1S/C39H74O2Si2/c1-28(27-40-42(11,12)36(3,4)5)16-15-17-29(2)33-20-21-34-32-19-18-30-26-31(41-43(13,14)37(6,7)8)22-24-38(30,9)35(32)23-25-39(33,34)10/h19,28-31,33-35H,15-18,20-27H2,1-14H3/t28?,29-,30?,31+,33?,34?,35?,38+,39-/m1/s1. The first kappa shape index (κ1) is 35.9. The number of allylic oxidation sites excluding steroid dienone is 2. The lowest BCUT2D eigenvalue weighted by atomic mass is 9.47. The zero-order valence-corrected chi connectivity index (χ0v) is 33.4. The molecule has 0 bridgehead atoms. The predicted molar refractivity (Wildman–Crippen MR) is 193 cm³/mol. The van der Waals surface area contributed by atoms with E-state index in [4.69, 9.17) is 8.85 Å². The lowest BCUT2D eigenvalue weighted by Crippen LogP contribution is -2.52. The van der Waals surface area contributed by atoms with Gasteiger partial charge >= 0.3 is 0 Å². The van der Waals surface area contributed by atoms with E-state index in [1.165, 1.54) is 70.6 Å². The number of hydrogen-bond donors (Lipinski definition) is 0. The summed E-state index contributed by atoms with van der Waals surface area (Å²) < 4.78 is 13.6. The van der Waals surface area contributed by atoms with Gasteiger partial charge in [0.05, 0.1) is 0 Å².